The predicted molar refractivity (Wildman–Crippen MR) is 105 cm³/mol. The number of nitrogens with zero attached hydrogens (tertiary/aromatic N) is 1. The van der Waals surface area contributed by atoms with E-state index in [0.29, 0.717) is 28.3 Å². The van der Waals surface area contributed by atoms with Crippen LogP contribution in [-0.2, 0) is 4.79 Å². The summed E-state index contributed by atoms with van der Waals surface area (Å²) in [6, 6.07) is 16.1. The summed E-state index contributed by atoms with van der Waals surface area (Å²) in [4.78, 5) is 33.7. The van der Waals surface area contributed by atoms with Gasteiger partial charge in [-0.25, -0.2) is 0 Å². The molecule has 1 aromatic heterocycles. The molecule has 0 saturated heterocycles. The van der Waals surface area contributed by atoms with E-state index >= 15 is 0 Å². The monoisotopic (exact) mass is 376 g/mol. The number of allylic oxidation sites excluding steroid dienone is 1. The number of nitrogens with one attached hydrogen (secondary N) is 1. The molecule has 1 amide bonds. The zero-order chi connectivity index (χ0) is 20.1. The number of anilines is 1. The molecule has 0 unspecified atom stereocenters. The third kappa shape index (κ3) is 4.59. The second-order valence-electron chi connectivity index (χ2n) is 5.97. The molecule has 0 atom stereocenters. The van der Waals surface area contributed by atoms with Gasteiger partial charge in [-0.15, -0.1) is 0 Å². The van der Waals surface area contributed by atoms with E-state index in [4.69, 9.17) is 4.42 Å². The molecule has 0 bridgehead atoms. The molecule has 0 aliphatic carbocycles. The Morgan fingerprint density at radius 3 is 2.50 bits per heavy atom. The molecule has 0 aliphatic heterocycles. The smallest absolute Gasteiger partial charge is 0.269 e. The maximum Gasteiger partial charge on any atom is 0.269 e. The van der Waals surface area contributed by atoms with Crippen LogP contribution in [0.4, 0.5) is 11.4 Å². The standard InChI is InChI=1S/C21H16N2O5/c1-14(24)22-17-4-2-3-16(13-17)20(25)11-9-19-10-12-21(28-19)15-5-7-18(8-6-15)23(26)27/h2-13H,1H3,(H,22,24). The van der Waals surface area contributed by atoms with Crippen molar-refractivity contribution < 1.29 is 18.9 Å². The number of rotatable bonds is 6. The van der Waals surface area contributed by atoms with Crippen molar-refractivity contribution in [2.45, 2.75) is 6.92 Å². The first-order chi connectivity index (χ1) is 13.4. The van der Waals surface area contributed by atoms with Crippen molar-refractivity contribution in [2.24, 2.45) is 0 Å². The summed E-state index contributed by atoms with van der Waals surface area (Å²) in [6.45, 7) is 1.40. The van der Waals surface area contributed by atoms with Gasteiger partial charge in [0.25, 0.3) is 5.69 Å². The molecule has 0 fully saturated rings. The lowest BCUT2D eigenvalue weighted by molar-refractivity contribution is -0.384. The van der Waals surface area contributed by atoms with E-state index in [1.807, 2.05) is 0 Å². The fourth-order valence-electron chi connectivity index (χ4n) is 2.55. The molecule has 0 saturated carbocycles. The normalized spacial score (nSPS) is 10.8. The van der Waals surface area contributed by atoms with Crippen LogP contribution in [0.15, 0.2) is 71.2 Å². The van der Waals surface area contributed by atoms with Crippen LogP contribution in [0.1, 0.15) is 23.0 Å². The number of non-ortho nitro benzene ring substituents is 1. The van der Waals surface area contributed by atoms with Gasteiger partial charge in [0.1, 0.15) is 11.5 Å². The van der Waals surface area contributed by atoms with E-state index in [2.05, 4.69) is 5.32 Å². The van der Waals surface area contributed by atoms with Gasteiger partial charge in [0.05, 0.1) is 4.92 Å². The van der Waals surface area contributed by atoms with E-state index < -0.39 is 4.92 Å². The molecular formula is C21H16N2O5. The fraction of sp³-hybridized carbons (Fsp3) is 0.0476. The maximum atomic E-state index is 12.3. The van der Waals surface area contributed by atoms with Crippen LogP contribution in [0.2, 0.25) is 0 Å². The fourth-order valence-corrected chi connectivity index (χ4v) is 2.55. The van der Waals surface area contributed by atoms with Crippen LogP contribution in [-0.4, -0.2) is 16.6 Å². The van der Waals surface area contributed by atoms with Crippen LogP contribution in [0, 0.1) is 10.1 Å². The quantitative estimate of drug-likeness (QED) is 0.290. The summed E-state index contributed by atoms with van der Waals surface area (Å²) in [7, 11) is 0. The van der Waals surface area contributed by atoms with Crippen LogP contribution in [0.3, 0.4) is 0 Å². The predicted octanol–water partition coefficient (Wildman–Crippen LogP) is 4.71. The number of carbonyl (C=O) groups excluding carboxylic acids is 2. The number of hydrogen-bond donors (Lipinski definition) is 1. The Balaban J connectivity index is 1.72. The Bertz CT molecular complexity index is 1060. The van der Waals surface area contributed by atoms with Crippen molar-refractivity contribution in [1.29, 1.82) is 0 Å². The molecule has 7 nitrogen and oxygen atoms in total. The molecule has 0 spiro atoms. The number of benzene rings is 2. The Hall–Kier alpha value is -4.00. The van der Waals surface area contributed by atoms with Gasteiger partial charge in [-0.2, -0.15) is 0 Å². The second-order valence-corrected chi connectivity index (χ2v) is 5.97. The first-order valence-electron chi connectivity index (χ1n) is 8.37. The number of furan rings is 1. The highest BCUT2D eigenvalue weighted by molar-refractivity contribution is 6.07. The molecule has 3 rings (SSSR count). The van der Waals surface area contributed by atoms with Gasteiger partial charge in [-0.3, -0.25) is 19.7 Å². The molecule has 3 aromatic rings. The Morgan fingerprint density at radius 2 is 1.82 bits per heavy atom. The lowest BCUT2D eigenvalue weighted by Gasteiger charge is -2.03. The van der Waals surface area contributed by atoms with Crippen molar-refractivity contribution in [1.82, 2.24) is 0 Å². The van der Waals surface area contributed by atoms with Crippen LogP contribution < -0.4 is 5.32 Å². The molecular weight excluding hydrogens is 360 g/mol. The van der Waals surface area contributed by atoms with Crippen molar-refractivity contribution >= 4 is 29.1 Å². The highest BCUT2D eigenvalue weighted by Crippen LogP contribution is 2.25. The van der Waals surface area contributed by atoms with Gasteiger partial charge in [0.2, 0.25) is 5.91 Å². The van der Waals surface area contributed by atoms with Crippen molar-refractivity contribution in [2.75, 3.05) is 5.32 Å². The third-order valence-electron chi connectivity index (χ3n) is 3.86. The zero-order valence-electron chi connectivity index (χ0n) is 14.9. The third-order valence-corrected chi connectivity index (χ3v) is 3.86. The number of nitro benzene ring substituents is 1. The molecule has 2 aromatic carbocycles. The second kappa shape index (κ2) is 8.13. The maximum absolute atomic E-state index is 12.3. The summed E-state index contributed by atoms with van der Waals surface area (Å²) in [5.41, 5.74) is 1.68. The van der Waals surface area contributed by atoms with Crippen LogP contribution in [0.25, 0.3) is 17.4 Å². The van der Waals surface area contributed by atoms with Gasteiger partial charge in [0.15, 0.2) is 5.78 Å². The topological polar surface area (TPSA) is 102 Å². The SMILES string of the molecule is CC(=O)Nc1cccc(C(=O)C=Cc2ccc(-c3ccc([N+](=O)[O-])cc3)o2)c1. The molecule has 28 heavy (non-hydrogen) atoms. The van der Waals surface area contributed by atoms with Gasteiger partial charge in [0, 0.05) is 35.9 Å². The number of carbonyl (C=O) groups is 2. The minimum Gasteiger partial charge on any atom is -0.457 e. The number of hydrogen-bond acceptors (Lipinski definition) is 5. The summed E-state index contributed by atoms with van der Waals surface area (Å²) in [6.07, 6.45) is 2.92. The summed E-state index contributed by atoms with van der Waals surface area (Å²) < 4.78 is 5.67. The minimum absolute atomic E-state index is 0.00233. The Kier molecular flexibility index (Phi) is 5.45. The van der Waals surface area contributed by atoms with E-state index in [1.54, 1.807) is 54.6 Å². The molecule has 0 aliphatic rings. The van der Waals surface area contributed by atoms with Gasteiger partial charge in [-0.1, -0.05) is 12.1 Å². The number of amides is 1. The van der Waals surface area contributed by atoms with Crippen molar-refractivity contribution in [3.05, 3.63) is 88.2 Å². The average molecular weight is 376 g/mol. The zero-order valence-corrected chi connectivity index (χ0v) is 14.9. The first kappa shape index (κ1) is 18.8. The molecule has 1 N–H and O–H groups in total. The first-order valence-corrected chi connectivity index (χ1v) is 8.37. The highest BCUT2D eigenvalue weighted by Gasteiger charge is 2.08. The van der Waals surface area contributed by atoms with E-state index in [0.717, 1.165) is 0 Å². The largest absolute Gasteiger partial charge is 0.457 e. The average Bonchev–Trinajstić information content (AvgIpc) is 3.15. The lowest BCUT2D eigenvalue weighted by atomic mass is 10.1. The molecule has 1 heterocycles. The molecule has 140 valence electrons. The lowest BCUT2D eigenvalue weighted by Crippen LogP contribution is -2.06. The molecule has 0 radical (unpaired) electrons. The summed E-state index contributed by atoms with van der Waals surface area (Å²) in [5, 5.41) is 13.3. The number of ketones is 1. The van der Waals surface area contributed by atoms with Gasteiger partial charge in [-0.05, 0) is 48.6 Å². The van der Waals surface area contributed by atoms with Crippen molar-refractivity contribution in [3.63, 3.8) is 0 Å². The van der Waals surface area contributed by atoms with Gasteiger partial charge >= 0.3 is 0 Å². The minimum atomic E-state index is -0.466. The summed E-state index contributed by atoms with van der Waals surface area (Å²) in [5.74, 6) is 0.560. The van der Waals surface area contributed by atoms with Crippen LogP contribution in [0.5, 0.6) is 0 Å². The van der Waals surface area contributed by atoms with E-state index in [-0.39, 0.29) is 17.4 Å². The Morgan fingerprint density at radius 1 is 1.07 bits per heavy atom. The van der Waals surface area contributed by atoms with Crippen molar-refractivity contribution in [3.8, 4) is 11.3 Å². The van der Waals surface area contributed by atoms with Gasteiger partial charge < -0.3 is 9.73 Å². The molecule has 7 heteroatoms. The van der Waals surface area contributed by atoms with E-state index in [1.165, 1.54) is 25.1 Å². The highest BCUT2D eigenvalue weighted by atomic mass is 16.6. The van der Waals surface area contributed by atoms with Crippen LogP contribution >= 0.6 is 0 Å². The Labute approximate surface area is 160 Å². The van der Waals surface area contributed by atoms with E-state index in [9.17, 15) is 19.7 Å². The number of nitro groups is 1. The summed E-state index contributed by atoms with van der Waals surface area (Å²) >= 11 is 0.